The van der Waals surface area contributed by atoms with Crippen LogP contribution in [0.3, 0.4) is 0 Å². The van der Waals surface area contributed by atoms with Crippen molar-refractivity contribution in [3.05, 3.63) is 115 Å². The lowest BCUT2D eigenvalue weighted by Crippen LogP contribution is -2.38. The zero-order chi connectivity index (χ0) is 37.6. The molecule has 1 aliphatic rings. The van der Waals surface area contributed by atoms with Crippen molar-refractivity contribution >= 4 is 58.4 Å². The fourth-order valence-electron chi connectivity index (χ4n) is 6.19. The number of H-pyrrole nitrogens is 4. The van der Waals surface area contributed by atoms with Gasteiger partial charge in [-0.25, -0.2) is 14.8 Å². The maximum Gasteiger partial charge on any atom is 0.331 e. The molecule has 2 atom stereocenters. The average Bonchev–Trinajstić information content (AvgIpc) is 3.59. The Balaban J connectivity index is 0.000000183. The molecule has 16 nitrogen and oxygen atoms in total. The Kier molecular flexibility index (Phi) is 11.1. The minimum absolute atomic E-state index is 0.0613. The van der Waals surface area contributed by atoms with Gasteiger partial charge in [0, 0.05) is 13.1 Å². The van der Waals surface area contributed by atoms with Crippen molar-refractivity contribution in [2.24, 2.45) is 0 Å². The summed E-state index contributed by atoms with van der Waals surface area (Å²) in [6.07, 6.45) is 8.48. The van der Waals surface area contributed by atoms with Gasteiger partial charge >= 0.3 is 5.97 Å². The molecule has 53 heavy (non-hydrogen) atoms. The van der Waals surface area contributed by atoms with Crippen LogP contribution >= 0.6 is 24.4 Å². The molecule has 274 valence electrons. The number of phenolic OH excluding ortho intramolecular Hbond substituents is 1. The van der Waals surface area contributed by atoms with Crippen LogP contribution in [0.25, 0.3) is 22.1 Å². The van der Waals surface area contributed by atoms with Gasteiger partial charge in [-0.15, -0.1) is 0 Å². The van der Waals surface area contributed by atoms with Crippen molar-refractivity contribution in [2.45, 2.75) is 37.8 Å². The van der Waals surface area contributed by atoms with Crippen LogP contribution in [0, 0.1) is 9.28 Å². The summed E-state index contributed by atoms with van der Waals surface area (Å²) in [5.74, 6) is -0.684. The van der Waals surface area contributed by atoms with Crippen LogP contribution < -0.4 is 15.9 Å². The standard InChI is InChI=1S/C19H21N5O3S.C16H14N4O4S/c25-13-7-5-6-12(10-13)15(18(27)23-8-3-1-2-4-9-23)24-11-20-16-14(19(24)28)17(26)22-21-16;1-2-6-24-10-5-3-4-9(7-10)12(16(22)23)20-8-17-13-11(15(20)25)14(21)19-18-13/h5-7,10-11,15,25H,1-4,8-9H2,(H2,21,22,26);2-5,7-8,12H,1,6H2,(H,22,23)(H2,18,19,21). The second kappa shape index (κ2) is 16.0. The summed E-state index contributed by atoms with van der Waals surface area (Å²) < 4.78 is 8.57. The molecule has 4 aromatic heterocycles. The first-order valence-corrected chi connectivity index (χ1v) is 17.4. The van der Waals surface area contributed by atoms with Crippen LogP contribution in [0.4, 0.5) is 0 Å². The number of carbonyl (C=O) groups excluding carboxylic acids is 1. The molecule has 7 rings (SSSR count). The van der Waals surface area contributed by atoms with E-state index in [1.807, 2.05) is 4.90 Å². The third-order valence-corrected chi connectivity index (χ3v) is 9.54. The summed E-state index contributed by atoms with van der Waals surface area (Å²) in [5.41, 5.74) is 0.839. The number of carboxylic acids is 1. The number of aliphatic carboxylic acids is 1. The van der Waals surface area contributed by atoms with Crippen molar-refractivity contribution in [3.63, 3.8) is 0 Å². The second-order valence-electron chi connectivity index (χ2n) is 12.2. The second-order valence-corrected chi connectivity index (χ2v) is 12.9. The molecule has 0 saturated carbocycles. The van der Waals surface area contributed by atoms with Crippen LogP contribution in [0.15, 0.2) is 83.4 Å². The summed E-state index contributed by atoms with van der Waals surface area (Å²) in [4.78, 5) is 59.6. The quantitative estimate of drug-likeness (QED) is 0.0891. The first kappa shape index (κ1) is 36.6. The van der Waals surface area contributed by atoms with Gasteiger partial charge in [0.2, 0.25) is 5.91 Å². The number of hydrogen-bond acceptors (Lipinski definition) is 10. The van der Waals surface area contributed by atoms with Crippen LogP contribution in [-0.4, -0.2) is 86.2 Å². The fourth-order valence-corrected chi connectivity index (χ4v) is 6.87. The molecule has 0 spiro atoms. The van der Waals surface area contributed by atoms with E-state index in [0.29, 0.717) is 42.2 Å². The predicted octanol–water partition coefficient (Wildman–Crippen LogP) is 4.50. The Bertz CT molecular complexity index is 2540. The lowest BCUT2D eigenvalue weighted by Gasteiger charge is -2.28. The fraction of sp³-hybridized carbons (Fsp3) is 0.257. The van der Waals surface area contributed by atoms with Gasteiger partial charge in [0.1, 0.15) is 44.2 Å². The molecule has 6 N–H and O–H groups in total. The molecule has 2 unspecified atom stereocenters. The smallest absolute Gasteiger partial charge is 0.331 e. The van der Waals surface area contributed by atoms with Crippen LogP contribution in [0.5, 0.6) is 11.5 Å². The van der Waals surface area contributed by atoms with Gasteiger partial charge in [-0.2, -0.15) is 0 Å². The average molecular weight is 758 g/mol. The Morgan fingerprint density at radius 1 is 0.830 bits per heavy atom. The van der Waals surface area contributed by atoms with Crippen LogP contribution in [-0.2, 0) is 9.59 Å². The molecule has 6 aromatic rings. The monoisotopic (exact) mass is 757 g/mol. The summed E-state index contributed by atoms with van der Waals surface area (Å²) >= 11 is 10.8. The molecule has 5 heterocycles. The Morgan fingerprint density at radius 2 is 1.38 bits per heavy atom. The number of likely N-dealkylation sites (tertiary alicyclic amines) is 1. The van der Waals surface area contributed by atoms with Crippen molar-refractivity contribution < 1.29 is 24.5 Å². The van der Waals surface area contributed by atoms with E-state index in [0.717, 1.165) is 25.7 Å². The van der Waals surface area contributed by atoms with Crippen molar-refractivity contribution in [3.8, 4) is 11.5 Å². The maximum atomic E-state index is 13.5. The molecule has 1 saturated heterocycles. The number of aromatic nitrogens is 8. The number of amides is 1. The first-order valence-electron chi connectivity index (χ1n) is 16.6. The van der Waals surface area contributed by atoms with E-state index in [2.05, 4.69) is 36.9 Å². The van der Waals surface area contributed by atoms with Crippen molar-refractivity contribution in [2.75, 3.05) is 19.7 Å². The number of nitrogens with one attached hydrogen (secondary N) is 4. The molecule has 0 bridgehead atoms. The molecular weight excluding hydrogens is 723 g/mol. The molecule has 1 fully saturated rings. The Morgan fingerprint density at radius 3 is 1.92 bits per heavy atom. The molecule has 1 amide bonds. The number of rotatable bonds is 9. The highest BCUT2D eigenvalue weighted by molar-refractivity contribution is 7.71. The third-order valence-electron chi connectivity index (χ3n) is 8.71. The van der Waals surface area contributed by atoms with Gasteiger partial charge in [0.15, 0.2) is 17.3 Å². The molecule has 0 aliphatic carbocycles. The number of carbonyl (C=O) groups is 2. The normalized spacial score (nSPS) is 14.2. The third kappa shape index (κ3) is 7.73. The minimum atomic E-state index is -1.15. The summed E-state index contributed by atoms with van der Waals surface area (Å²) in [5, 5.41) is 30.2. The summed E-state index contributed by atoms with van der Waals surface area (Å²) in [6.45, 7) is 5.24. The van der Waals surface area contributed by atoms with Gasteiger partial charge in [-0.3, -0.25) is 34.8 Å². The topological polar surface area (TPSA) is 220 Å². The van der Waals surface area contributed by atoms with Crippen molar-refractivity contribution in [1.82, 2.24) is 44.4 Å². The van der Waals surface area contributed by atoms with E-state index < -0.39 is 23.6 Å². The number of carboxylic acid groups (broad SMARTS) is 1. The van der Waals surface area contributed by atoms with Gasteiger partial charge in [0.25, 0.3) is 11.1 Å². The summed E-state index contributed by atoms with van der Waals surface area (Å²) in [7, 11) is 0. The molecule has 0 radical (unpaired) electrons. The number of ether oxygens (including phenoxy) is 1. The number of aromatic hydroxyl groups is 1. The lowest BCUT2D eigenvalue weighted by atomic mass is 10.0. The Hall–Kier alpha value is -6.14. The molecule has 18 heteroatoms. The van der Waals surface area contributed by atoms with E-state index in [1.54, 1.807) is 59.2 Å². The van der Waals surface area contributed by atoms with E-state index >= 15 is 0 Å². The maximum absolute atomic E-state index is 13.5. The van der Waals surface area contributed by atoms with Gasteiger partial charge in [-0.1, -0.05) is 74.2 Å². The first-order chi connectivity index (χ1) is 25.6. The van der Waals surface area contributed by atoms with E-state index in [9.17, 15) is 29.4 Å². The highest BCUT2D eigenvalue weighted by Gasteiger charge is 2.30. The summed E-state index contributed by atoms with van der Waals surface area (Å²) in [6, 6.07) is 11.3. The molecule has 2 aromatic carbocycles. The highest BCUT2D eigenvalue weighted by Crippen LogP contribution is 2.28. The van der Waals surface area contributed by atoms with Crippen LogP contribution in [0.2, 0.25) is 0 Å². The predicted molar refractivity (Wildman–Crippen MR) is 200 cm³/mol. The zero-order valence-electron chi connectivity index (χ0n) is 28.2. The molecular formula is C35H35N9O7S2. The van der Waals surface area contributed by atoms with E-state index in [4.69, 9.17) is 29.2 Å². The van der Waals surface area contributed by atoms with Gasteiger partial charge < -0.3 is 29.0 Å². The number of aromatic amines is 4. The van der Waals surface area contributed by atoms with E-state index in [-0.39, 0.29) is 42.9 Å². The number of benzene rings is 2. The number of nitrogens with zero attached hydrogens (tertiary/aromatic N) is 5. The van der Waals surface area contributed by atoms with E-state index in [1.165, 1.54) is 17.2 Å². The minimum Gasteiger partial charge on any atom is -0.508 e. The van der Waals surface area contributed by atoms with Crippen LogP contribution in [0.1, 0.15) is 48.9 Å². The number of hydrogen-bond donors (Lipinski definition) is 6. The highest BCUT2D eigenvalue weighted by atomic mass is 32.1. The lowest BCUT2D eigenvalue weighted by molar-refractivity contribution is -0.139. The Labute approximate surface area is 310 Å². The van der Waals surface area contributed by atoms with Gasteiger partial charge in [0.05, 0.1) is 12.7 Å². The number of phenols is 1. The molecule has 1 aliphatic heterocycles. The SMILES string of the molecule is C=CCOc1cccc(C(C(=O)O)n2cnc3[nH][nH]c(=O)c3c2=S)c1.O=C(C(c1cccc(O)c1)n1cnc2[nH][nH]c(=O)c2c1=S)N1CCCCCC1. The largest absolute Gasteiger partial charge is 0.508 e. The van der Waals surface area contributed by atoms with Crippen molar-refractivity contribution in [1.29, 1.82) is 0 Å². The zero-order valence-corrected chi connectivity index (χ0v) is 29.8. The number of fused-ring (bicyclic) bond motifs is 2. The van der Waals surface area contributed by atoms with Gasteiger partial charge in [-0.05, 0) is 48.2 Å².